The first kappa shape index (κ1) is 9.79. The maximum Gasteiger partial charge on any atom is 0.265 e. The number of aliphatic hydroxyl groups excluding tert-OH is 1. The van der Waals surface area contributed by atoms with Gasteiger partial charge >= 0.3 is 0 Å². The summed E-state index contributed by atoms with van der Waals surface area (Å²) >= 11 is 0. The molecule has 0 saturated carbocycles. The molecule has 0 fully saturated rings. The number of nitrogens with one attached hydrogen (secondary N) is 1. The van der Waals surface area contributed by atoms with Crippen LogP contribution in [0.15, 0.2) is 18.3 Å². The Hall–Kier alpha value is -1.30. The topological polar surface area (TPSA) is 58.0 Å². The summed E-state index contributed by atoms with van der Waals surface area (Å²) in [7, 11) is 0. The lowest BCUT2D eigenvalue weighted by molar-refractivity contribution is 0.00380. The summed E-state index contributed by atoms with van der Waals surface area (Å²) in [6.45, 7) is -0.240. The molecular weight excluding hydrogens is 180 g/mol. The van der Waals surface area contributed by atoms with Crippen LogP contribution in [0.1, 0.15) is 0 Å². The zero-order valence-corrected chi connectivity index (χ0v) is 6.69. The van der Waals surface area contributed by atoms with Gasteiger partial charge in [-0.3, -0.25) is 0 Å². The lowest BCUT2D eigenvalue weighted by atomic mass is 10.3. The number of anilines is 1. The maximum absolute atomic E-state index is 11.8. The summed E-state index contributed by atoms with van der Waals surface area (Å²) in [5, 5.41) is 18.4. The number of alkyl halides is 2. The predicted molar refractivity (Wildman–Crippen MR) is 42.5 cm³/mol. The van der Waals surface area contributed by atoms with Gasteiger partial charge in [-0.25, -0.2) is 8.78 Å². The zero-order valence-electron chi connectivity index (χ0n) is 6.69. The van der Waals surface area contributed by atoms with Gasteiger partial charge < -0.3 is 10.4 Å². The van der Waals surface area contributed by atoms with Crippen molar-refractivity contribution in [3.63, 3.8) is 0 Å². The first-order valence-corrected chi connectivity index (χ1v) is 3.68. The molecule has 0 spiro atoms. The fourth-order valence-corrected chi connectivity index (χ4v) is 0.694. The smallest absolute Gasteiger partial charge is 0.265 e. The van der Waals surface area contributed by atoms with Gasteiger partial charge in [0.2, 0.25) is 0 Å². The van der Waals surface area contributed by atoms with Crippen molar-refractivity contribution < 1.29 is 13.9 Å². The van der Waals surface area contributed by atoms with Crippen molar-refractivity contribution in [2.45, 2.75) is 12.5 Å². The number of hydrogen-bond acceptors (Lipinski definition) is 4. The Morgan fingerprint density at radius 1 is 1.54 bits per heavy atom. The minimum Gasteiger partial charge on any atom is -0.385 e. The molecule has 1 aromatic heterocycles. The summed E-state index contributed by atoms with van der Waals surface area (Å²) in [6, 6.07) is 3.19. The monoisotopic (exact) mass is 189 g/mol. The van der Waals surface area contributed by atoms with Gasteiger partial charge in [-0.15, -0.1) is 5.10 Å². The number of hydrogen-bond donors (Lipinski definition) is 2. The van der Waals surface area contributed by atoms with Gasteiger partial charge in [-0.2, -0.15) is 5.10 Å². The Morgan fingerprint density at radius 2 is 2.31 bits per heavy atom. The molecule has 0 aliphatic rings. The molecule has 1 rings (SSSR count). The molecule has 0 aliphatic carbocycles. The van der Waals surface area contributed by atoms with Crippen LogP contribution >= 0.6 is 0 Å². The van der Waals surface area contributed by atoms with Gasteiger partial charge in [0, 0.05) is 12.7 Å². The molecule has 0 aliphatic heterocycles. The van der Waals surface area contributed by atoms with Crippen molar-refractivity contribution in [3.8, 4) is 0 Å². The summed E-state index contributed by atoms with van der Waals surface area (Å²) in [5.74, 6) is 0.363. The van der Waals surface area contributed by atoms with E-state index in [4.69, 9.17) is 5.11 Å². The third-order valence-electron chi connectivity index (χ3n) is 1.36. The van der Waals surface area contributed by atoms with E-state index in [9.17, 15) is 8.78 Å². The van der Waals surface area contributed by atoms with Gasteiger partial charge in [0.15, 0.2) is 0 Å². The first-order valence-electron chi connectivity index (χ1n) is 3.68. The van der Waals surface area contributed by atoms with Gasteiger partial charge in [-0.1, -0.05) is 0 Å². The van der Waals surface area contributed by atoms with Crippen molar-refractivity contribution in [2.24, 2.45) is 0 Å². The van der Waals surface area contributed by atoms with Gasteiger partial charge in [0.1, 0.15) is 11.9 Å². The van der Waals surface area contributed by atoms with Crippen LogP contribution in [0.3, 0.4) is 0 Å². The summed E-state index contributed by atoms with van der Waals surface area (Å²) < 4.78 is 23.6. The second kappa shape index (κ2) is 4.66. The molecule has 0 bridgehead atoms. The second-order valence-electron chi connectivity index (χ2n) is 2.39. The maximum atomic E-state index is 11.8. The van der Waals surface area contributed by atoms with Crippen molar-refractivity contribution in [1.82, 2.24) is 10.2 Å². The molecule has 0 radical (unpaired) electrons. The second-order valence-corrected chi connectivity index (χ2v) is 2.39. The van der Waals surface area contributed by atoms with Gasteiger partial charge in [0.25, 0.3) is 6.43 Å². The van der Waals surface area contributed by atoms with Crippen molar-refractivity contribution in [2.75, 3.05) is 11.9 Å². The largest absolute Gasteiger partial charge is 0.385 e. The molecule has 1 atom stereocenters. The molecule has 13 heavy (non-hydrogen) atoms. The molecule has 0 amide bonds. The number of aromatic nitrogens is 2. The zero-order chi connectivity index (χ0) is 9.68. The van der Waals surface area contributed by atoms with Crippen LogP contribution in [0.2, 0.25) is 0 Å². The third-order valence-corrected chi connectivity index (χ3v) is 1.36. The van der Waals surface area contributed by atoms with E-state index in [1.165, 1.54) is 6.20 Å². The molecule has 4 nitrogen and oxygen atoms in total. The molecule has 1 aromatic rings. The summed E-state index contributed by atoms with van der Waals surface area (Å²) in [6.07, 6.45) is -2.96. The van der Waals surface area contributed by atoms with Crippen LogP contribution in [0, 0.1) is 0 Å². The quantitative estimate of drug-likeness (QED) is 0.724. The van der Waals surface area contributed by atoms with Gasteiger partial charge in [0.05, 0.1) is 0 Å². The van der Waals surface area contributed by atoms with Crippen molar-refractivity contribution in [3.05, 3.63) is 18.3 Å². The van der Waals surface area contributed by atoms with Crippen molar-refractivity contribution >= 4 is 5.82 Å². The van der Waals surface area contributed by atoms with Gasteiger partial charge in [-0.05, 0) is 12.1 Å². The van der Waals surface area contributed by atoms with Crippen LogP contribution < -0.4 is 5.32 Å². The number of aliphatic hydroxyl groups is 1. The van der Waals surface area contributed by atoms with Crippen LogP contribution in [0.25, 0.3) is 0 Å². The molecular formula is C7H9F2N3O. The van der Waals surface area contributed by atoms with E-state index < -0.39 is 12.5 Å². The van der Waals surface area contributed by atoms with Crippen molar-refractivity contribution in [1.29, 1.82) is 0 Å². The summed E-state index contributed by atoms with van der Waals surface area (Å²) in [5.41, 5.74) is 0. The first-order chi connectivity index (χ1) is 6.20. The lowest BCUT2D eigenvalue weighted by Gasteiger charge is -2.09. The van der Waals surface area contributed by atoms with E-state index in [1.54, 1.807) is 12.1 Å². The van der Waals surface area contributed by atoms with E-state index in [0.717, 1.165) is 0 Å². The number of nitrogens with zero attached hydrogens (tertiary/aromatic N) is 2. The highest BCUT2D eigenvalue weighted by molar-refractivity contribution is 5.31. The minimum absolute atomic E-state index is 0.240. The fourth-order valence-electron chi connectivity index (χ4n) is 0.694. The van der Waals surface area contributed by atoms with E-state index in [2.05, 4.69) is 15.5 Å². The molecule has 0 aromatic carbocycles. The number of halogens is 2. The molecule has 1 heterocycles. The highest BCUT2D eigenvalue weighted by Crippen LogP contribution is 2.03. The van der Waals surface area contributed by atoms with Crippen LogP contribution in [0.4, 0.5) is 14.6 Å². The minimum atomic E-state index is -2.75. The van der Waals surface area contributed by atoms with Crippen LogP contribution in [-0.2, 0) is 0 Å². The third kappa shape index (κ3) is 3.29. The Kier molecular flexibility index (Phi) is 3.51. The standard InChI is InChI=1S/C7H9F2N3O/c8-7(9)5(13)4-10-6-2-1-3-11-12-6/h1-3,5,7,13H,4H2,(H,10,12). The van der Waals surface area contributed by atoms with E-state index in [-0.39, 0.29) is 6.54 Å². The molecule has 72 valence electrons. The Balaban J connectivity index is 2.35. The Bertz CT molecular complexity index is 245. The van der Waals surface area contributed by atoms with E-state index >= 15 is 0 Å². The molecule has 0 saturated heterocycles. The lowest BCUT2D eigenvalue weighted by Crippen LogP contribution is -2.27. The molecule has 1 unspecified atom stereocenters. The molecule has 6 heteroatoms. The fraction of sp³-hybridized carbons (Fsp3) is 0.429. The number of rotatable bonds is 4. The van der Waals surface area contributed by atoms with E-state index in [0.29, 0.717) is 5.82 Å². The molecule has 2 N–H and O–H groups in total. The average Bonchev–Trinajstić information content (AvgIpc) is 2.15. The predicted octanol–water partition coefficient (Wildman–Crippen LogP) is 0.514. The van der Waals surface area contributed by atoms with Crippen LogP contribution in [-0.4, -0.2) is 34.4 Å². The highest BCUT2D eigenvalue weighted by atomic mass is 19.3. The highest BCUT2D eigenvalue weighted by Gasteiger charge is 2.15. The average molecular weight is 189 g/mol. The normalized spacial score (nSPS) is 12.9. The van der Waals surface area contributed by atoms with E-state index in [1.807, 2.05) is 0 Å². The Labute approximate surface area is 73.6 Å². The Morgan fingerprint density at radius 3 is 2.85 bits per heavy atom. The SMILES string of the molecule is OC(CNc1cccnn1)C(F)F. The van der Waals surface area contributed by atoms with Crippen LogP contribution in [0.5, 0.6) is 0 Å². The summed E-state index contributed by atoms with van der Waals surface area (Å²) in [4.78, 5) is 0.